The van der Waals surface area contributed by atoms with Gasteiger partial charge in [0.1, 0.15) is 6.54 Å². The number of aliphatic hydroxyl groups is 1. The van der Waals surface area contributed by atoms with Crippen molar-refractivity contribution >= 4 is 17.2 Å². The first-order valence-corrected chi connectivity index (χ1v) is 6.55. The van der Waals surface area contributed by atoms with Gasteiger partial charge in [0.05, 0.1) is 6.10 Å². The zero-order chi connectivity index (χ0) is 12.4. The molecular weight excluding hydrogens is 240 g/mol. The number of aryl methyl sites for hydroxylation is 1. The summed E-state index contributed by atoms with van der Waals surface area (Å²) in [5.41, 5.74) is 0.790. The molecule has 0 saturated heterocycles. The van der Waals surface area contributed by atoms with E-state index in [4.69, 9.17) is 0 Å². The molecule has 0 aromatic carbocycles. The number of nitrogens with one attached hydrogen (secondary N) is 1. The largest absolute Gasteiger partial charge is 0.391 e. The number of rotatable bonds is 5. The van der Waals surface area contributed by atoms with Gasteiger partial charge in [0.2, 0.25) is 5.91 Å². The van der Waals surface area contributed by atoms with Gasteiger partial charge in [-0.15, -0.1) is 0 Å². The topological polar surface area (TPSA) is 71.3 Å². The van der Waals surface area contributed by atoms with Crippen molar-refractivity contribution in [1.29, 1.82) is 0 Å². The Labute approximate surface area is 103 Å². The van der Waals surface area contributed by atoms with Crippen LogP contribution in [0.25, 0.3) is 0 Å². The molecule has 0 bridgehead atoms. The third-order valence-electron chi connectivity index (χ3n) is 2.95. The normalized spacial score (nSPS) is 16.8. The fraction of sp³-hybridized carbons (Fsp3) is 0.636. The zero-order valence-electron chi connectivity index (χ0n) is 9.68. The Morgan fingerprint density at radius 3 is 2.94 bits per heavy atom. The van der Waals surface area contributed by atoms with Crippen LogP contribution >= 0.6 is 11.3 Å². The van der Waals surface area contributed by atoms with E-state index in [2.05, 4.69) is 5.32 Å². The molecular formula is C11H16N2O3S. The summed E-state index contributed by atoms with van der Waals surface area (Å²) in [6, 6.07) is 0. The average molecular weight is 256 g/mol. The Morgan fingerprint density at radius 2 is 2.41 bits per heavy atom. The lowest BCUT2D eigenvalue weighted by Crippen LogP contribution is -2.36. The first-order valence-electron chi connectivity index (χ1n) is 5.67. The van der Waals surface area contributed by atoms with Gasteiger partial charge >= 0.3 is 4.87 Å². The summed E-state index contributed by atoms with van der Waals surface area (Å²) in [6.45, 7) is 2.11. The molecule has 1 aliphatic rings. The van der Waals surface area contributed by atoms with Crippen molar-refractivity contribution in [1.82, 2.24) is 9.88 Å². The minimum absolute atomic E-state index is 0.0333. The molecule has 1 saturated carbocycles. The van der Waals surface area contributed by atoms with Gasteiger partial charge in [0, 0.05) is 17.6 Å². The number of carbonyl (C=O) groups excluding carboxylic acids is 1. The van der Waals surface area contributed by atoms with Crippen LogP contribution in [-0.2, 0) is 11.3 Å². The summed E-state index contributed by atoms with van der Waals surface area (Å²) in [6.07, 6.45) is 1.64. The number of hydrogen-bond donors (Lipinski definition) is 2. The van der Waals surface area contributed by atoms with E-state index in [1.165, 1.54) is 4.57 Å². The summed E-state index contributed by atoms with van der Waals surface area (Å²) in [5, 5.41) is 14.0. The minimum atomic E-state index is -0.445. The Bertz CT molecular complexity index is 462. The molecule has 5 nitrogen and oxygen atoms in total. The maximum absolute atomic E-state index is 11.6. The molecule has 2 N–H and O–H groups in total. The molecule has 0 radical (unpaired) electrons. The monoisotopic (exact) mass is 256 g/mol. The SMILES string of the molecule is Cc1csc(=O)n1CC(=O)NCC(O)C1CC1. The van der Waals surface area contributed by atoms with Crippen LogP contribution in [0.4, 0.5) is 0 Å². The van der Waals surface area contributed by atoms with Crippen molar-refractivity contribution in [3.63, 3.8) is 0 Å². The molecule has 1 aromatic heterocycles. The van der Waals surface area contributed by atoms with Crippen molar-refractivity contribution in [2.45, 2.75) is 32.4 Å². The predicted octanol–water partition coefficient (Wildman–Crippen LogP) is 0.105. The number of hydrogen-bond acceptors (Lipinski definition) is 4. The lowest BCUT2D eigenvalue weighted by molar-refractivity contribution is -0.122. The summed E-state index contributed by atoms with van der Waals surface area (Å²) in [4.78, 5) is 22.8. The van der Waals surface area contributed by atoms with Gasteiger partial charge in [0.25, 0.3) is 0 Å². The van der Waals surface area contributed by atoms with Gasteiger partial charge in [-0.3, -0.25) is 14.2 Å². The molecule has 1 aliphatic carbocycles. The third-order valence-corrected chi connectivity index (χ3v) is 3.83. The fourth-order valence-corrected chi connectivity index (χ4v) is 2.40. The highest BCUT2D eigenvalue weighted by atomic mass is 32.1. The van der Waals surface area contributed by atoms with Crippen molar-refractivity contribution in [2.75, 3.05) is 6.54 Å². The lowest BCUT2D eigenvalue weighted by Gasteiger charge is -2.11. The van der Waals surface area contributed by atoms with Gasteiger partial charge in [-0.05, 0) is 25.7 Å². The lowest BCUT2D eigenvalue weighted by atomic mass is 10.2. The van der Waals surface area contributed by atoms with Crippen LogP contribution in [0, 0.1) is 12.8 Å². The maximum atomic E-state index is 11.6. The molecule has 1 atom stereocenters. The zero-order valence-corrected chi connectivity index (χ0v) is 10.5. The highest BCUT2D eigenvalue weighted by Crippen LogP contribution is 2.32. The molecule has 1 fully saturated rings. The van der Waals surface area contributed by atoms with Crippen molar-refractivity contribution in [2.24, 2.45) is 5.92 Å². The van der Waals surface area contributed by atoms with E-state index in [1.54, 1.807) is 12.3 Å². The molecule has 0 spiro atoms. The molecule has 1 unspecified atom stereocenters. The molecule has 1 heterocycles. The highest BCUT2D eigenvalue weighted by molar-refractivity contribution is 7.07. The third kappa shape index (κ3) is 3.17. The van der Waals surface area contributed by atoms with E-state index < -0.39 is 6.10 Å². The van der Waals surface area contributed by atoms with Crippen LogP contribution in [0.5, 0.6) is 0 Å². The fourth-order valence-electron chi connectivity index (χ4n) is 1.66. The smallest absolute Gasteiger partial charge is 0.307 e. The number of nitrogens with zero attached hydrogens (tertiary/aromatic N) is 1. The van der Waals surface area contributed by atoms with Crippen LogP contribution < -0.4 is 10.2 Å². The summed E-state index contributed by atoms with van der Waals surface area (Å²) < 4.78 is 1.43. The van der Waals surface area contributed by atoms with E-state index in [1.807, 2.05) is 0 Å². The second kappa shape index (κ2) is 5.01. The van der Waals surface area contributed by atoms with E-state index in [9.17, 15) is 14.7 Å². The predicted molar refractivity (Wildman–Crippen MR) is 65.1 cm³/mol. The Balaban J connectivity index is 1.82. The quantitative estimate of drug-likeness (QED) is 0.785. The number of aliphatic hydroxyl groups excluding tert-OH is 1. The van der Waals surface area contributed by atoms with Crippen molar-refractivity contribution in [3.05, 3.63) is 20.7 Å². The molecule has 0 aliphatic heterocycles. The van der Waals surface area contributed by atoms with Crippen LogP contribution in [0.3, 0.4) is 0 Å². The van der Waals surface area contributed by atoms with Gasteiger partial charge in [0.15, 0.2) is 0 Å². The first-order chi connectivity index (χ1) is 8.08. The van der Waals surface area contributed by atoms with Crippen LogP contribution in [0.2, 0.25) is 0 Å². The summed E-state index contributed by atoms with van der Waals surface area (Å²) in [7, 11) is 0. The van der Waals surface area contributed by atoms with Gasteiger partial charge in [-0.25, -0.2) is 0 Å². The van der Waals surface area contributed by atoms with E-state index in [-0.39, 0.29) is 23.9 Å². The molecule has 2 rings (SSSR count). The van der Waals surface area contributed by atoms with E-state index in [0.717, 1.165) is 29.9 Å². The van der Waals surface area contributed by atoms with Crippen LogP contribution in [0.1, 0.15) is 18.5 Å². The Morgan fingerprint density at radius 1 is 1.71 bits per heavy atom. The standard InChI is InChI=1S/C11H16N2O3S/c1-7-6-17-11(16)13(7)5-10(15)12-4-9(14)8-2-3-8/h6,8-9,14H,2-5H2,1H3,(H,12,15). The van der Waals surface area contributed by atoms with Crippen molar-refractivity contribution in [3.8, 4) is 0 Å². The molecule has 17 heavy (non-hydrogen) atoms. The number of carbonyl (C=O) groups is 1. The van der Waals surface area contributed by atoms with Crippen LogP contribution in [0.15, 0.2) is 10.2 Å². The summed E-state index contributed by atoms with van der Waals surface area (Å²) >= 11 is 1.09. The maximum Gasteiger partial charge on any atom is 0.307 e. The highest BCUT2D eigenvalue weighted by Gasteiger charge is 2.29. The van der Waals surface area contributed by atoms with Crippen molar-refractivity contribution < 1.29 is 9.90 Å². The Hall–Kier alpha value is -1.14. The van der Waals surface area contributed by atoms with E-state index in [0.29, 0.717) is 5.92 Å². The van der Waals surface area contributed by atoms with Gasteiger partial charge in [-0.2, -0.15) is 0 Å². The second-order valence-electron chi connectivity index (χ2n) is 4.44. The van der Waals surface area contributed by atoms with Gasteiger partial charge in [-0.1, -0.05) is 11.3 Å². The average Bonchev–Trinajstić information content (AvgIpc) is 3.09. The number of thiazole rings is 1. The minimum Gasteiger partial charge on any atom is -0.391 e. The molecule has 1 aromatic rings. The first kappa shape index (κ1) is 12.3. The molecule has 6 heteroatoms. The summed E-state index contributed by atoms with van der Waals surface area (Å²) in [5.74, 6) is 0.120. The second-order valence-corrected chi connectivity index (χ2v) is 5.26. The number of aromatic nitrogens is 1. The molecule has 94 valence electrons. The van der Waals surface area contributed by atoms with Crippen LogP contribution in [-0.4, -0.2) is 28.2 Å². The molecule has 1 amide bonds. The van der Waals surface area contributed by atoms with Gasteiger partial charge < -0.3 is 10.4 Å². The van der Waals surface area contributed by atoms with E-state index >= 15 is 0 Å². The number of amides is 1. The Kier molecular flexibility index (Phi) is 3.63.